The maximum Gasteiger partial charge on any atom is 0.151 e. The van der Waals surface area contributed by atoms with Crippen LogP contribution < -0.4 is 10.2 Å². The molecule has 2 rings (SSSR count). The fourth-order valence-electron chi connectivity index (χ4n) is 2.16. The van der Waals surface area contributed by atoms with Gasteiger partial charge in [0, 0.05) is 19.6 Å². The zero-order valence-corrected chi connectivity index (χ0v) is 10.7. The van der Waals surface area contributed by atoms with Crippen LogP contribution in [0, 0.1) is 0 Å². The number of morpholine rings is 1. The Kier molecular flexibility index (Phi) is 3.91. The van der Waals surface area contributed by atoms with Crippen molar-refractivity contribution >= 4 is 5.82 Å². The summed E-state index contributed by atoms with van der Waals surface area (Å²) >= 11 is 0. The molecule has 0 aliphatic carbocycles. The van der Waals surface area contributed by atoms with Crippen LogP contribution in [-0.2, 0) is 11.3 Å². The van der Waals surface area contributed by atoms with Crippen molar-refractivity contribution in [1.29, 1.82) is 0 Å². The minimum atomic E-state index is 0.248. The normalized spacial score (nSPS) is 25.0. The summed E-state index contributed by atoms with van der Waals surface area (Å²) in [7, 11) is 1.90. The lowest BCUT2D eigenvalue weighted by atomic mass is 10.2. The van der Waals surface area contributed by atoms with Gasteiger partial charge in [-0.1, -0.05) is 0 Å². The molecule has 1 N–H and O–H groups in total. The van der Waals surface area contributed by atoms with Crippen molar-refractivity contribution in [3.63, 3.8) is 0 Å². The maximum atomic E-state index is 5.70. The minimum Gasteiger partial charge on any atom is -0.372 e. The van der Waals surface area contributed by atoms with E-state index in [1.165, 1.54) is 0 Å². The number of hydrogen-bond donors (Lipinski definition) is 1. The standard InChI is InChI=1S/C12H20N4O/c1-9-7-16(8-10(2)17-9)12-5-4-11(6-13-3)14-15-12/h4-5,9-10,13H,6-8H2,1-3H3. The Labute approximate surface area is 102 Å². The molecule has 2 atom stereocenters. The molecule has 0 bridgehead atoms. The Morgan fingerprint density at radius 2 is 2.00 bits per heavy atom. The Morgan fingerprint density at radius 3 is 2.53 bits per heavy atom. The molecule has 94 valence electrons. The highest BCUT2D eigenvalue weighted by Gasteiger charge is 2.23. The van der Waals surface area contributed by atoms with E-state index in [-0.39, 0.29) is 12.2 Å². The van der Waals surface area contributed by atoms with E-state index in [0.717, 1.165) is 31.1 Å². The van der Waals surface area contributed by atoms with Crippen LogP contribution in [0.2, 0.25) is 0 Å². The summed E-state index contributed by atoms with van der Waals surface area (Å²) in [6.07, 6.45) is 0.495. The molecular weight excluding hydrogens is 216 g/mol. The van der Waals surface area contributed by atoms with E-state index < -0.39 is 0 Å². The summed E-state index contributed by atoms with van der Waals surface area (Å²) in [4.78, 5) is 2.23. The molecule has 5 heteroatoms. The monoisotopic (exact) mass is 236 g/mol. The largest absolute Gasteiger partial charge is 0.372 e. The van der Waals surface area contributed by atoms with Crippen molar-refractivity contribution in [3.05, 3.63) is 17.8 Å². The summed E-state index contributed by atoms with van der Waals surface area (Å²) < 4.78 is 5.70. The molecule has 2 heterocycles. The molecule has 1 aromatic rings. The summed E-state index contributed by atoms with van der Waals surface area (Å²) in [5.74, 6) is 0.937. The predicted octanol–water partition coefficient (Wildman–Crippen LogP) is 0.810. The lowest BCUT2D eigenvalue weighted by Crippen LogP contribution is -2.45. The van der Waals surface area contributed by atoms with Gasteiger partial charge in [-0.05, 0) is 33.0 Å². The number of ether oxygens (including phenoxy) is 1. The van der Waals surface area contributed by atoms with Crippen molar-refractivity contribution in [2.45, 2.75) is 32.6 Å². The zero-order chi connectivity index (χ0) is 12.3. The summed E-state index contributed by atoms with van der Waals surface area (Å²) in [6, 6.07) is 4.05. The van der Waals surface area contributed by atoms with Gasteiger partial charge in [-0.3, -0.25) is 0 Å². The van der Waals surface area contributed by atoms with Gasteiger partial charge in [-0.15, -0.1) is 5.10 Å². The predicted molar refractivity (Wildman–Crippen MR) is 67.0 cm³/mol. The second kappa shape index (κ2) is 5.42. The first kappa shape index (κ1) is 12.3. The molecule has 1 saturated heterocycles. The quantitative estimate of drug-likeness (QED) is 0.841. The van der Waals surface area contributed by atoms with Crippen molar-refractivity contribution in [2.75, 3.05) is 25.0 Å². The van der Waals surface area contributed by atoms with Gasteiger partial charge in [0.1, 0.15) is 0 Å². The number of nitrogens with zero attached hydrogens (tertiary/aromatic N) is 3. The molecule has 0 amide bonds. The molecule has 17 heavy (non-hydrogen) atoms. The molecule has 1 fully saturated rings. The van der Waals surface area contributed by atoms with Crippen LogP contribution in [0.15, 0.2) is 12.1 Å². The Balaban J connectivity index is 2.06. The Morgan fingerprint density at radius 1 is 1.29 bits per heavy atom. The van der Waals surface area contributed by atoms with Crippen molar-refractivity contribution in [1.82, 2.24) is 15.5 Å². The third kappa shape index (κ3) is 3.14. The van der Waals surface area contributed by atoms with Gasteiger partial charge in [0.25, 0.3) is 0 Å². The lowest BCUT2D eigenvalue weighted by Gasteiger charge is -2.35. The maximum absolute atomic E-state index is 5.70. The minimum absolute atomic E-state index is 0.248. The van der Waals surface area contributed by atoms with E-state index in [1.807, 2.05) is 19.2 Å². The molecule has 5 nitrogen and oxygen atoms in total. The fourth-order valence-corrected chi connectivity index (χ4v) is 2.16. The smallest absolute Gasteiger partial charge is 0.151 e. The van der Waals surface area contributed by atoms with E-state index in [0.29, 0.717) is 0 Å². The lowest BCUT2D eigenvalue weighted by molar-refractivity contribution is -0.00550. The van der Waals surface area contributed by atoms with Crippen LogP contribution in [-0.4, -0.2) is 42.5 Å². The average molecular weight is 236 g/mol. The van der Waals surface area contributed by atoms with E-state index in [4.69, 9.17) is 4.74 Å². The summed E-state index contributed by atoms with van der Waals surface area (Å²) in [5, 5.41) is 11.5. The second-order valence-electron chi connectivity index (χ2n) is 4.58. The first-order valence-electron chi connectivity index (χ1n) is 6.06. The molecule has 1 aliphatic rings. The third-order valence-corrected chi connectivity index (χ3v) is 2.81. The van der Waals surface area contributed by atoms with Crippen molar-refractivity contribution < 1.29 is 4.74 Å². The average Bonchev–Trinajstić information content (AvgIpc) is 2.29. The van der Waals surface area contributed by atoms with Gasteiger partial charge in [-0.25, -0.2) is 0 Å². The van der Waals surface area contributed by atoms with Crippen molar-refractivity contribution in [2.24, 2.45) is 0 Å². The molecule has 0 radical (unpaired) electrons. The van der Waals surface area contributed by atoms with E-state index in [1.54, 1.807) is 0 Å². The SMILES string of the molecule is CNCc1ccc(N2CC(C)OC(C)C2)nn1. The highest BCUT2D eigenvalue weighted by Crippen LogP contribution is 2.17. The van der Waals surface area contributed by atoms with Gasteiger partial charge in [0.2, 0.25) is 0 Å². The molecule has 0 aromatic carbocycles. The molecule has 0 spiro atoms. The molecular formula is C12H20N4O. The molecule has 1 aliphatic heterocycles. The van der Waals surface area contributed by atoms with Gasteiger partial charge in [-0.2, -0.15) is 5.10 Å². The molecule has 1 aromatic heterocycles. The van der Waals surface area contributed by atoms with Crippen LogP contribution in [0.1, 0.15) is 19.5 Å². The van der Waals surface area contributed by atoms with Crippen LogP contribution in [0.4, 0.5) is 5.82 Å². The van der Waals surface area contributed by atoms with Gasteiger partial charge in [0.05, 0.1) is 17.9 Å². The van der Waals surface area contributed by atoms with Gasteiger partial charge >= 0.3 is 0 Å². The van der Waals surface area contributed by atoms with E-state index >= 15 is 0 Å². The Bertz CT molecular complexity index is 344. The molecule has 2 unspecified atom stereocenters. The van der Waals surface area contributed by atoms with E-state index in [9.17, 15) is 0 Å². The van der Waals surface area contributed by atoms with Crippen LogP contribution in [0.3, 0.4) is 0 Å². The highest BCUT2D eigenvalue weighted by molar-refractivity contribution is 5.38. The number of aromatic nitrogens is 2. The fraction of sp³-hybridized carbons (Fsp3) is 0.667. The first-order valence-corrected chi connectivity index (χ1v) is 6.06. The third-order valence-electron chi connectivity index (χ3n) is 2.81. The summed E-state index contributed by atoms with van der Waals surface area (Å²) in [6.45, 7) is 6.69. The zero-order valence-electron chi connectivity index (χ0n) is 10.7. The van der Waals surface area contributed by atoms with Crippen LogP contribution in [0.25, 0.3) is 0 Å². The summed E-state index contributed by atoms with van der Waals surface area (Å²) in [5.41, 5.74) is 0.964. The first-order chi connectivity index (χ1) is 8.19. The number of anilines is 1. The Hall–Kier alpha value is -1.20. The highest BCUT2D eigenvalue weighted by atomic mass is 16.5. The van der Waals surface area contributed by atoms with Gasteiger partial charge < -0.3 is 15.0 Å². The van der Waals surface area contributed by atoms with Crippen LogP contribution in [0.5, 0.6) is 0 Å². The number of hydrogen-bond acceptors (Lipinski definition) is 5. The topological polar surface area (TPSA) is 50.3 Å². The number of rotatable bonds is 3. The second-order valence-corrected chi connectivity index (χ2v) is 4.58. The van der Waals surface area contributed by atoms with Gasteiger partial charge in [0.15, 0.2) is 5.82 Å². The van der Waals surface area contributed by atoms with Crippen molar-refractivity contribution in [3.8, 4) is 0 Å². The van der Waals surface area contributed by atoms with E-state index in [2.05, 4.69) is 34.3 Å². The van der Waals surface area contributed by atoms with Crippen LogP contribution >= 0.6 is 0 Å². The molecule has 0 saturated carbocycles. The number of nitrogens with one attached hydrogen (secondary N) is 1.